The average Bonchev–Trinajstić information content (AvgIpc) is 3.98. The molecular weight excluding hydrogens is 971 g/mol. The minimum absolute atomic E-state index is 0.0658. The standard InChI is InChI=1S/C29H32N2O3.C21H27BrN2O2.C8H7BO3/c1-29(2,3)34-28(32)15-20-10-12-31(13-11-20)19-21-8-9-23-17-30-18-25(24(23)14-21)27-16-22-6-4-5-7-26(22)33-27;1-21(2,3)26-20(25)11-15-6-8-24(9-7-15)14-16-4-5-17-12-23-13-19(22)18(17)10-16;10-9(11)8-5-6-3-1-2-4-7(6)12-8/h4-9,14,16-18,20H,10-13,15,19H2,1-3H3;4-5,10,12-13,15H,6-9,11,14H2,1-3H3;1-5,10-11H. The van der Waals surface area contributed by atoms with Gasteiger partial charge in [-0.1, -0.05) is 60.7 Å². The summed E-state index contributed by atoms with van der Waals surface area (Å²) < 4.78 is 23.3. The van der Waals surface area contributed by atoms with Crippen molar-refractivity contribution in [1.29, 1.82) is 0 Å². The molecule has 12 nitrogen and oxygen atoms in total. The number of pyridine rings is 2. The van der Waals surface area contributed by atoms with E-state index in [0.29, 0.717) is 30.3 Å². The van der Waals surface area contributed by atoms with E-state index in [0.717, 1.165) is 113 Å². The number of nitrogens with zero attached hydrogens (tertiary/aromatic N) is 4. The summed E-state index contributed by atoms with van der Waals surface area (Å²) in [5.41, 5.74) is 4.54. The van der Waals surface area contributed by atoms with E-state index in [4.69, 9.17) is 28.4 Å². The number of hydrogen-bond acceptors (Lipinski definition) is 12. The molecule has 0 unspecified atom stereocenters. The van der Waals surface area contributed by atoms with Crippen molar-refractivity contribution < 1.29 is 37.9 Å². The predicted octanol–water partition coefficient (Wildman–Crippen LogP) is 11.6. The number of fused-ring (bicyclic) bond motifs is 4. The summed E-state index contributed by atoms with van der Waals surface area (Å²) in [7, 11) is -1.53. The Morgan fingerprint density at radius 2 is 1.08 bits per heavy atom. The molecule has 0 amide bonds. The van der Waals surface area contributed by atoms with E-state index in [2.05, 4.69) is 84.2 Å². The van der Waals surface area contributed by atoms with Crippen molar-refractivity contribution in [3.8, 4) is 11.3 Å². The molecule has 376 valence electrons. The summed E-state index contributed by atoms with van der Waals surface area (Å²) in [6.07, 6.45) is 12.8. The number of piperidine rings is 2. The van der Waals surface area contributed by atoms with Gasteiger partial charge in [0.1, 0.15) is 33.8 Å². The molecule has 0 saturated carbocycles. The Labute approximate surface area is 431 Å². The van der Waals surface area contributed by atoms with Crippen LogP contribution in [0.15, 0.2) is 135 Å². The van der Waals surface area contributed by atoms with E-state index < -0.39 is 18.3 Å². The fourth-order valence-corrected chi connectivity index (χ4v) is 9.94. The van der Waals surface area contributed by atoms with Crippen molar-refractivity contribution >= 4 is 84.1 Å². The zero-order valence-corrected chi connectivity index (χ0v) is 43.9. The number of aromatic nitrogens is 2. The molecule has 10 rings (SSSR count). The molecule has 8 aromatic rings. The SMILES string of the molecule is CC(C)(C)OC(=O)CC1CCN(Cc2ccc3cncc(-c4cc5ccccc5o4)c3c2)CC1.CC(C)(C)OC(=O)CC1CCN(Cc2ccc3cncc(Br)c3c2)CC1.OB(O)c1cc2ccccc2o1. The number of carbonyl (C=O) groups is 2. The molecular formula is C58H66BBrN4O8. The van der Waals surface area contributed by atoms with Gasteiger partial charge in [-0.25, -0.2) is 0 Å². The number of esters is 2. The molecule has 2 saturated heterocycles. The Morgan fingerprint density at radius 1 is 0.611 bits per heavy atom. The van der Waals surface area contributed by atoms with Gasteiger partial charge in [-0.15, -0.1) is 0 Å². The Morgan fingerprint density at radius 3 is 1.58 bits per heavy atom. The van der Waals surface area contributed by atoms with E-state index in [1.54, 1.807) is 12.1 Å². The molecule has 4 aromatic carbocycles. The van der Waals surface area contributed by atoms with Gasteiger partial charge in [-0.3, -0.25) is 29.4 Å². The predicted molar refractivity (Wildman–Crippen MR) is 289 cm³/mol. The first-order chi connectivity index (χ1) is 34.4. The number of halogens is 1. The Balaban J connectivity index is 0.000000160. The first-order valence-corrected chi connectivity index (χ1v) is 25.8. The minimum Gasteiger partial charge on any atom is -0.465 e. The van der Waals surface area contributed by atoms with Crippen LogP contribution < -0.4 is 5.66 Å². The maximum atomic E-state index is 12.2. The van der Waals surface area contributed by atoms with Crippen molar-refractivity contribution in [3.63, 3.8) is 0 Å². The average molecular weight is 1040 g/mol. The zero-order valence-electron chi connectivity index (χ0n) is 42.3. The van der Waals surface area contributed by atoms with Crippen molar-refractivity contribution in [2.75, 3.05) is 26.2 Å². The highest BCUT2D eigenvalue weighted by molar-refractivity contribution is 9.10. The summed E-state index contributed by atoms with van der Waals surface area (Å²) in [4.78, 5) is 37.8. The van der Waals surface area contributed by atoms with Crippen molar-refractivity contribution in [3.05, 3.63) is 137 Å². The van der Waals surface area contributed by atoms with Gasteiger partial charge in [0, 0.05) is 82.3 Å². The lowest BCUT2D eigenvalue weighted by Gasteiger charge is -2.32. The van der Waals surface area contributed by atoms with Crippen LogP contribution in [0.2, 0.25) is 0 Å². The van der Waals surface area contributed by atoms with Crippen molar-refractivity contribution in [1.82, 2.24) is 19.8 Å². The maximum Gasteiger partial charge on any atom is 0.526 e. The quantitative estimate of drug-likeness (QED) is 0.0991. The van der Waals surface area contributed by atoms with E-state index >= 15 is 0 Å². The summed E-state index contributed by atoms with van der Waals surface area (Å²) >= 11 is 3.59. The van der Waals surface area contributed by atoms with Gasteiger partial charge in [0.25, 0.3) is 0 Å². The summed E-state index contributed by atoms with van der Waals surface area (Å²) in [5.74, 6) is 1.56. The van der Waals surface area contributed by atoms with Crippen LogP contribution in [-0.4, -0.2) is 86.3 Å². The van der Waals surface area contributed by atoms with Crippen LogP contribution in [0, 0.1) is 11.8 Å². The number of likely N-dealkylation sites (tertiary alicyclic amines) is 2. The van der Waals surface area contributed by atoms with Crippen LogP contribution in [-0.2, 0) is 32.2 Å². The third-order valence-corrected chi connectivity index (χ3v) is 13.6. The highest BCUT2D eigenvalue weighted by Crippen LogP contribution is 2.34. The van der Waals surface area contributed by atoms with E-state index in [1.807, 2.05) is 103 Å². The number of ether oxygens (including phenoxy) is 2. The summed E-state index contributed by atoms with van der Waals surface area (Å²) in [5, 5.41) is 24.2. The minimum atomic E-state index is -1.53. The van der Waals surface area contributed by atoms with Gasteiger partial charge in [-0.05, 0) is 179 Å². The molecule has 14 heteroatoms. The van der Waals surface area contributed by atoms with Crippen LogP contribution in [0.3, 0.4) is 0 Å². The summed E-state index contributed by atoms with van der Waals surface area (Å²) in [6, 6.07) is 32.3. The van der Waals surface area contributed by atoms with Crippen LogP contribution >= 0.6 is 15.9 Å². The number of rotatable bonds is 10. The van der Waals surface area contributed by atoms with Crippen LogP contribution in [0.25, 0.3) is 54.8 Å². The summed E-state index contributed by atoms with van der Waals surface area (Å²) in [6.45, 7) is 17.4. The number of para-hydroxylation sites is 2. The Kier molecular flexibility index (Phi) is 17.0. The fourth-order valence-electron chi connectivity index (χ4n) is 9.48. The van der Waals surface area contributed by atoms with Crippen molar-refractivity contribution in [2.45, 2.75) is 104 Å². The number of carbonyl (C=O) groups excluding carboxylic acids is 2. The lowest BCUT2D eigenvalue weighted by molar-refractivity contribution is -0.157. The van der Waals surface area contributed by atoms with Gasteiger partial charge >= 0.3 is 19.1 Å². The molecule has 0 bridgehead atoms. The number of benzene rings is 4. The van der Waals surface area contributed by atoms with Gasteiger partial charge in [0.15, 0.2) is 0 Å². The molecule has 0 aliphatic carbocycles. The van der Waals surface area contributed by atoms with E-state index in [9.17, 15) is 9.59 Å². The van der Waals surface area contributed by atoms with E-state index in [1.165, 1.54) is 16.5 Å². The largest absolute Gasteiger partial charge is 0.526 e. The molecule has 6 heterocycles. The third-order valence-electron chi connectivity index (χ3n) is 13.0. The first-order valence-electron chi connectivity index (χ1n) is 25.0. The lowest BCUT2D eigenvalue weighted by Crippen LogP contribution is -2.34. The molecule has 0 atom stereocenters. The normalized spacial score (nSPS) is 15.2. The molecule has 4 aromatic heterocycles. The van der Waals surface area contributed by atoms with Gasteiger partial charge < -0.3 is 28.4 Å². The van der Waals surface area contributed by atoms with Crippen LogP contribution in [0.4, 0.5) is 0 Å². The second-order valence-corrected chi connectivity index (χ2v) is 22.0. The molecule has 72 heavy (non-hydrogen) atoms. The van der Waals surface area contributed by atoms with Gasteiger partial charge in [0.05, 0.1) is 0 Å². The second-order valence-electron chi connectivity index (χ2n) is 21.1. The smallest absolute Gasteiger partial charge is 0.465 e. The fraction of sp³-hybridized carbons (Fsp3) is 0.379. The second kappa shape index (κ2) is 23.3. The molecule has 2 fully saturated rings. The molecule has 0 spiro atoms. The van der Waals surface area contributed by atoms with E-state index in [-0.39, 0.29) is 17.6 Å². The third kappa shape index (κ3) is 14.6. The number of hydrogen-bond donors (Lipinski definition) is 2. The Hall–Kier alpha value is -5.90. The Bertz CT molecular complexity index is 3040. The van der Waals surface area contributed by atoms with Gasteiger partial charge in [-0.2, -0.15) is 0 Å². The van der Waals surface area contributed by atoms with Crippen molar-refractivity contribution in [2.24, 2.45) is 11.8 Å². The monoisotopic (exact) mass is 1040 g/mol. The molecule has 2 N–H and O–H groups in total. The van der Waals surface area contributed by atoms with Crippen LogP contribution in [0.5, 0.6) is 0 Å². The lowest BCUT2D eigenvalue weighted by atomic mass is 9.88. The van der Waals surface area contributed by atoms with Gasteiger partial charge in [0.2, 0.25) is 0 Å². The maximum absolute atomic E-state index is 12.2. The zero-order chi connectivity index (χ0) is 51.0. The highest BCUT2D eigenvalue weighted by atomic mass is 79.9. The topological polar surface area (TPSA) is 152 Å². The molecule has 2 aliphatic heterocycles. The number of furan rings is 2. The molecule has 2 aliphatic rings. The molecule has 0 radical (unpaired) electrons. The highest BCUT2D eigenvalue weighted by Gasteiger charge is 2.26. The van der Waals surface area contributed by atoms with Crippen LogP contribution in [0.1, 0.15) is 91.2 Å². The first kappa shape index (κ1) is 52.4.